The summed E-state index contributed by atoms with van der Waals surface area (Å²) < 4.78 is 5.94. The number of benzene rings is 1. The standard InChI is InChI=1S/C21H31N5O.HI/c1-15(2)27-19-12-16(3)10-11-17(19)13-23-21(22-4)24-14-18-8-7-9-20(25-18)26(5)6;/h7-12,15H,13-14H2,1-6H3,(H2,22,23,24);1H. The Balaban J connectivity index is 0.00000392. The maximum Gasteiger partial charge on any atom is 0.191 e. The van der Waals surface area contributed by atoms with Crippen molar-refractivity contribution in [3.05, 3.63) is 53.2 Å². The average Bonchev–Trinajstić information content (AvgIpc) is 2.63. The molecule has 0 aliphatic heterocycles. The minimum Gasteiger partial charge on any atom is -0.491 e. The molecule has 0 saturated heterocycles. The van der Waals surface area contributed by atoms with Gasteiger partial charge in [-0.25, -0.2) is 4.98 Å². The van der Waals surface area contributed by atoms with E-state index in [2.05, 4.69) is 45.7 Å². The fourth-order valence-corrected chi connectivity index (χ4v) is 2.56. The van der Waals surface area contributed by atoms with E-state index in [0.29, 0.717) is 13.1 Å². The predicted octanol–water partition coefficient (Wildman–Crippen LogP) is 3.73. The summed E-state index contributed by atoms with van der Waals surface area (Å²) in [6, 6.07) is 12.3. The van der Waals surface area contributed by atoms with Gasteiger partial charge in [-0.1, -0.05) is 18.2 Å². The molecule has 1 aromatic carbocycles. The van der Waals surface area contributed by atoms with Gasteiger partial charge in [0.25, 0.3) is 0 Å². The first-order valence-corrected chi connectivity index (χ1v) is 9.23. The smallest absolute Gasteiger partial charge is 0.191 e. The number of nitrogens with one attached hydrogen (secondary N) is 2. The lowest BCUT2D eigenvalue weighted by atomic mass is 10.1. The monoisotopic (exact) mass is 497 g/mol. The number of guanidine groups is 1. The van der Waals surface area contributed by atoms with E-state index in [1.165, 1.54) is 5.56 Å². The molecule has 0 radical (unpaired) electrons. The van der Waals surface area contributed by atoms with E-state index in [4.69, 9.17) is 4.74 Å². The summed E-state index contributed by atoms with van der Waals surface area (Å²) in [5.41, 5.74) is 3.25. The lowest BCUT2D eigenvalue weighted by Crippen LogP contribution is -2.36. The van der Waals surface area contributed by atoms with Crippen molar-refractivity contribution in [2.24, 2.45) is 4.99 Å². The Hall–Kier alpha value is -2.03. The van der Waals surface area contributed by atoms with Gasteiger partial charge in [-0.15, -0.1) is 24.0 Å². The van der Waals surface area contributed by atoms with Crippen LogP contribution < -0.4 is 20.3 Å². The lowest BCUT2D eigenvalue weighted by molar-refractivity contribution is 0.239. The number of hydrogen-bond donors (Lipinski definition) is 2. The maximum absolute atomic E-state index is 5.94. The minimum atomic E-state index is 0. The molecule has 1 aromatic heterocycles. The molecule has 0 amide bonds. The summed E-state index contributed by atoms with van der Waals surface area (Å²) in [4.78, 5) is 10.9. The van der Waals surface area contributed by atoms with E-state index in [-0.39, 0.29) is 30.1 Å². The number of pyridine rings is 1. The summed E-state index contributed by atoms with van der Waals surface area (Å²) >= 11 is 0. The molecule has 1 heterocycles. The summed E-state index contributed by atoms with van der Waals surface area (Å²) in [5, 5.41) is 6.66. The zero-order valence-corrected chi connectivity index (χ0v) is 19.9. The molecule has 0 aliphatic rings. The second-order valence-electron chi connectivity index (χ2n) is 6.94. The normalized spacial score (nSPS) is 11.0. The molecule has 0 spiro atoms. The van der Waals surface area contributed by atoms with E-state index in [1.807, 2.05) is 51.0 Å². The van der Waals surface area contributed by atoms with E-state index >= 15 is 0 Å². The third-order valence-corrected chi connectivity index (χ3v) is 3.94. The number of aromatic nitrogens is 1. The highest BCUT2D eigenvalue weighted by Crippen LogP contribution is 2.21. The highest BCUT2D eigenvalue weighted by atomic mass is 127. The van der Waals surface area contributed by atoms with Crippen LogP contribution in [0.4, 0.5) is 5.82 Å². The second-order valence-corrected chi connectivity index (χ2v) is 6.94. The van der Waals surface area contributed by atoms with Crippen LogP contribution in [0.2, 0.25) is 0 Å². The van der Waals surface area contributed by atoms with Gasteiger partial charge in [-0.3, -0.25) is 4.99 Å². The molecule has 0 atom stereocenters. The van der Waals surface area contributed by atoms with Crippen molar-refractivity contribution >= 4 is 35.8 Å². The van der Waals surface area contributed by atoms with Crippen LogP contribution in [0.25, 0.3) is 0 Å². The number of aliphatic imine (C=N–C) groups is 1. The van der Waals surface area contributed by atoms with Crippen LogP contribution in [0, 0.1) is 6.92 Å². The van der Waals surface area contributed by atoms with Crippen LogP contribution >= 0.6 is 24.0 Å². The zero-order chi connectivity index (χ0) is 19.8. The van der Waals surface area contributed by atoms with Crippen molar-refractivity contribution in [1.29, 1.82) is 0 Å². The largest absolute Gasteiger partial charge is 0.491 e. The highest BCUT2D eigenvalue weighted by Gasteiger charge is 2.08. The first-order valence-electron chi connectivity index (χ1n) is 9.23. The average molecular weight is 497 g/mol. The fraction of sp³-hybridized carbons (Fsp3) is 0.429. The van der Waals surface area contributed by atoms with Gasteiger partial charge in [0.15, 0.2) is 5.96 Å². The number of rotatable bonds is 7. The molecule has 0 unspecified atom stereocenters. The molecule has 0 fully saturated rings. The number of anilines is 1. The van der Waals surface area contributed by atoms with Gasteiger partial charge in [-0.2, -0.15) is 0 Å². The molecule has 2 aromatic rings. The van der Waals surface area contributed by atoms with Gasteiger partial charge in [0.2, 0.25) is 0 Å². The van der Waals surface area contributed by atoms with Gasteiger partial charge in [0, 0.05) is 33.3 Å². The van der Waals surface area contributed by atoms with E-state index in [9.17, 15) is 0 Å². The van der Waals surface area contributed by atoms with Crippen molar-refractivity contribution < 1.29 is 4.74 Å². The van der Waals surface area contributed by atoms with Gasteiger partial charge >= 0.3 is 0 Å². The topological polar surface area (TPSA) is 61.8 Å². The number of ether oxygens (including phenoxy) is 1. The van der Waals surface area contributed by atoms with Gasteiger partial charge in [0.1, 0.15) is 11.6 Å². The molecular formula is C21H32IN5O. The van der Waals surface area contributed by atoms with E-state index in [0.717, 1.165) is 28.8 Å². The van der Waals surface area contributed by atoms with Crippen molar-refractivity contribution in [2.45, 2.75) is 40.0 Å². The molecule has 2 rings (SSSR count). The Morgan fingerprint density at radius 1 is 1.14 bits per heavy atom. The third-order valence-electron chi connectivity index (χ3n) is 3.94. The van der Waals surface area contributed by atoms with Gasteiger partial charge < -0.3 is 20.3 Å². The highest BCUT2D eigenvalue weighted by molar-refractivity contribution is 14.0. The van der Waals surface area contributed by atoms with Crippen LogP contribution in [-0.2, 0) is 13.1 Å². The number of nitrogens with zero attached hydrogens (tertiary/aromatic N) is 3. The molecule has 2 N–H and O–H groups in total. The minimum absolute atomic E-state index is 0. The van der Waals surface area contributed by atoms with Crippen molar-refractivity contribution in [1.82, 2.24) is 15.6 Å². The summed E-state index contributed by atoms with van der Waals surface area (Å²) in [5.74, 6) is 2.57. The number of hydrogen-bond acceptors (Lipinski definition) is 4. The van der Waals surface area contributed by atoms with Crippen molar-refractivity contribution in [3.63, 3.8) is 0 Å². The fourth-order valence-electron chi connectivity index (χ4n) is 2.56. The Morgan fingerprint density at radius 2 is 1.86 bits per heavy atom. The Labute approximate surface area is 185 Å². The lowest BCUT2D eigenvalue weighted by Gasteiger charge is -2.17. The first-order chi connectivity index (χ1) is 12.9. The first kappa shape index (κ1) is 24.0. The maximum atomic E-state index is 5.94. The molecule has 0 bridgehead atoms. The van der Waals surface area contributed by atoms with Crippen molar-refractivity contribution in [3.8, 4) is 5.75 Å². The van der Waals surface area contributed by atoms with Crippen LogP contribution in [0.15, 0.2) is 41.4 Å². The second kappa shape index (κ2) is 11.7. The molecule has 6 nitrogen and oxygen atoms in total. The molecule has 7 heteroatoms. The Bertz CT molecular complexity index is 777. The molecule has 28 heavy (non-hydrogen) atoms. The molecule has 154 valence electrons. The van der Waals surface area contributed by atoms with Crippen LogP contribution in [0.5, 0.6) is 5.75 Å². The van der Waals surface area contributed by atoms with Gasteiger partial charge in [0.05, 0.1) is 18.3 Å². The van der Waals surface area contributed by atoms with E-state index in [1.54, 1.807) is 7.05 Å². The Morgan fingerprint density at radius 3 is 2.50 bits per heavy atom. The number of aryl methyl sites for hydroxylation is 1. The quantitative estimate of drug-likeness (QED) is 0.347. The van der Waals surface area contributed by atoms with Crippen LogP contribution in [0.3, 0.4) is 0 Å². The SMILES string of the molecule is CN=C(NCc1cccc(N(C)C)n1)NCc1ccc(C)cc1OC(C)C.I. The third kappa shape index (κ3) is 7.53. The predicted molar refractivity (Wildman–Crippen MR) is 128 cm³/mol. The van der Waals surface area contributed by atoms with E-state index < -0.39 is 0 Å². The van der Waals surface area contributed by atoms with Crippen molar-refractivity contribution in [2.75, 3.05) is 26.0 Å². The molecular weight excluding hydrogens is 465 g/mol. The zero-order valence-electron chi connectivity index (χ0n) is 17.6. The van der Waals surface area contributed by atoms with Gasteiger partial charge in [-0.05, 0) is 44.5 Å². The Kier molecular flexibility index (Phi) is 10.1. The van der Waals surface area contributed by atoms with Crippen LogP contribution in [-0.4, -0.2) is 38.2 Å². The number of halogens is 1. The molecule has 0 aliphatic carbocycles. The summed E-state index contributed by atoms with van der Waals surface area (Å²) in [6.07, 6.45) is 0.137. The molecule has 0 saturated carbocycles. The summed E-state index contributed by atoms with van der Waals surface area (Å²) in [7, 11) is 5.73. The summed E-state index contributed by atoms with van der Waals surface area (Å²) in [6.45, 7) is 7.38. The van der Waals surface area contributed by atoms with Crippen LogP contribution in [0.1, 0.15) is 30.7 Å².